The standard InChI is InChI=1S/C12H27N3O2/c1-14(2)12(16)6-4-8-15(9-5-7-13)10-11-17-3/h4-11,13H2,1-3H3. The van der Waals surface area contributed by atoms with Crippen molar-refractivity contribution in [1.82, 2.24) is 9.80 Å². The lowest BCUT2D eigenvalue weighted by molar-refractivity contribution is -0.128. The van der Waals surface area contributed by atoms with Crippen LogP contribution in [0.1, 0.15) is 19.3 Å². The molecule has 0 radical (unpaired) electrons. The molecule has 0 aromatic rings. The molecule has 0 saturated heterocycles. The van der Waals surface area contributed by atoms with E-state index >= 15 is 0 Å². The van der Waals surface area contributed by atoms with Gasteiger partial charge in [-0.1, -0.05) is 0 Å². The summed E-state index contributed by atoms with van der Waals surface area (Å²) in [5.41, 5.74) is 5.50. The molecule has 0 fully saturated rings. The summed E-state index contributed by atoms with van der Waals surface area (Å²) < 4.78 is 5.07. The van der Waals surface area contributed by atoms with E-state index in [1.807, 2.05) is 0 Å². The zero-order chi connectivity index (χ0) is 13.1. The van der Waals surface area contributed by atoms with Crippen molar-refractivity contribution in [2.45, 2.75) is 19.3 Å². The Bertz CT molecular complexity index is 190. The van der Waals surface area contributed by atoms with Gasteiger partial charge in [0.1, 0.15) is 0 Å². The predicted octanol–water partition coefficient (Wildman–Crippen LogP) is 0.152. The van der Waals surface area contributed by atoms with Gasteiger partial charge >= 0.3 is 0 Å². The van der Waals surface area contributed by atoms with E-state index in [-0.39, 0.29) is 5.91 Å². The van der Waals surface area contributed by atoms with Crippen LogP contribution < -0.4 is 5.73 Å². The highest BCUT2D eigenvalue weighted by Crippen LogP contribution is 1.99. The summed E-state index contributed by atoms with van der Waals surface area (Å²) in [4.78, 5) is 15.4. The molecular weight excluding hydrogens is 218 g/mol. The number of nitrogens with two attached hydrogens (primary N) is 1. The van der Waals surface area contributed by atoms with Crippen LogP contribution in [-0.4, -0.2) is 69.7 Å². The second kappa shape index (κ2) is 10.5. The summed E-state index contributed by atoms with van der Waals surface area (Å²) in [6, 6.07) is 0. The molecule has 0 spiro atoms. The van der Waals surface area contributed by atoms with Gasteiger partial charge < -0.3 is 20.3 Å². The number of methoxy groups -OCH3 is 1. The molecule has 0 aromatic carbocycles. The quantitative estimate of drug-likeness (QED) is 0.595. The van der Waals surface area contributed by atoms with Crippen LogP contribution in [0.2, 0.25) is 0 Å². The van der Waals surface area contributed by atoms with Crippen molar-refractivity contribution in [3.63, 3.8) is 0 Å². The van der Waals surface area contributed by atoms with Crippen molar-refractivity contribution in [2.24, 2.45) is 5.73 Å². The summed E-state index contributed by atoms with van der Waals surface area (Å²) in [6.07, 6.45) is 2.50. The first-order valence-electron chi connectivity index (χ1n) is 6.23. The number of ether oxygens (including phenoxy) is 1. The van der Waals surface area contributed by atoms with Crippen LogP contribution in [0.25, 0.3) is 0 Å². The topological polar surface area (TPSA) is 58.8 Å². The lowest BCUT2D eigenvalue weighted by atomic mass is 10.2. The number of carbonyl (C=O) groups excluding carboxylic acids is 1. The Balaban J connectivity index is 3.77. The Morgan fingerprint density at radius 1 is 1.18 bits per heavy atom. The molecule has 5 nitrogen and oxygen atoms in total. The Morgan fingerprint density at radius 3 is 2.35 bits per heavy atom. The number of nitrogens with zero attached hydrogens (tertiary/aromatic N) is 2. The molecule has 17 heavy (non-hydrogen) atoms. The molecule has 102 valence electrons. The third-order valence-corrected chi connectivity index (χ3v) is 2.65. The van der Waals surface area contributed by atoms with Crippen LogP contribution in [-0.2, 0) is 9.53 Å². The molecule has 0 aliphatic rings. The average Bonchev–Trinajstić information content (AvgIpc) is 2.31. The molecule has 0 unspecified atom stereocenters. The fourth-order valence-electron chi connectivity index (χ4n) is 1.55. The summed E-state index contributed by atoms with van der Waals surface area (Å²) >= 11 is 0. The van der Waals surface area contributed by atoms with Crippen molar-refractivity contribution < 1.29 is 9.53 Å². The summed E-state index contributed by atoms with van der Waals surface area (Å²) in [7, 11) is 5.29. The molecule has 0 rings (SSSR count). The van der Waals surface area contributed by atoms with E-state index in [2.05, 4.69) is 4.90 Å². The minimum absolute atomic E-state index is 0.190. The lowest BCUT2D eigenvalue weighted by Crippen LogP contribution is -2.31. The van der Waals surface area contributed by atoms with Gasteiger partial charge in [0, 0.05) is 34.2 Å². The summed E-state index contributed by atoms with van der Waals surface area (Å²) in [6.45, 7) is 4.26. The van der Waals surface area contributed by atoms with Crippen molar-refractivity contribution in [3.05, 3.63) is 0 Å². The zero-order valence-corrected chi connectivity index (χ0v) is 11.4. The largest absolute Gasteiger partial charge is 0.383 e. The number of carbonyl (C=O) groups is 1. The number of hydrogen-bond donors (Lipinski definition) is 1. The van der Waals surface area contributed by atoms with Crippen molar-refractivity contribution in [2.75, 3.05) is 54.0 Å². The van der Waals surface area contributed by atoms with Crippen LogP contribution >= 0.6 is 0 Å². The predicted molar refractivity (Wildman–Crippen MR) is 69.9 cm³/mol. The third kappa shape index (κ3) is 9.09. The molecule has 5 heteroatoms. The molecule has 0 aliphatic heterocycles. The van der Waals surface area contributed by atoms with E-state index < -0.39 is 0 Å². The van der Waals surface area contributed by atoms with Gasteiger partial charge in [-0.05, 0) is 32.5 Å². The van der Waals surface area contributed by atoms with Crippen molar-refractivity contribution in [3.8, 4) is 0 Å². The van der Waals surface area contributed by atoms with Gasteiger partial charge in [0.25, 0.3) is 0 Å². The van der Waals surface area contributed by atoms with Gasteiger partial charge in [-0.15, -0.1) is 0 Å². The Kier molecular flexibility index (Phi) is 10.1. The normalized spacial score (nSPS) is 10.9. The maximum Gasteiger partial charge on any atom is 0.222 e. The Morgan fingerprint density at radius 2 is 1.82 bits per heavy atom. The van der Waals surface area contributed by atoms with Gasteiger partial charge in [-0.25, -0.2) is 0 Å². The monoisotopic (exact) mass is 245 g/mol. The smallest absolute Gasteiger partial charge is 0.222 e. The molecule has 0 aliphatic carbocycles. The first-order valence-corrected chi connectivity index (χ1v) is 6.23. The highest BCUT2D eigenvalue weighted by Gasteiger charge is 2.07. The summed E-state index contributed by atoms with van der Waals surface area (Å²) in [5, 5.41) is 0. The average molecular weight is 245 g/mol. The van der Waals surface area contributed by atoms with Crippen LogP contribution in [0.5, 0.6) is 0 Å². The lowest BCUT2D eigenvalue weighted by Gasteiger charge is -2.21. The van der Waals surface area contributed by atoms with Gasteiger partial charge in [0.05, 0.1) is 6.61 Å². The van der Waals surface area contributed by atoms with Crippen molar-refractivity contribution in [1.29, 1.82) is 0 Å². The molecule has 0 bridgehead atoms. The molecule has 0 aromatic heterocycles. The van der Waals surface area contributed by atoms with Crippen LogP contribution in [0.4, 0.5) is 0 Å². The first-order chi connectivity index (χ1) is 8.11. The minimum Gasteiger partial charge on any atom is -0.383 e. The van der Waals surface area contributed by atoms with Gasteiger partial charge in [-0.3, -0.25) is 4.79 Å². The highest BCUT2D eigenvalue weighted by molar-refractivity contribution is 5.75. The number of hydrogen-bond acceptors (Lipinski definition) is 4. The van der Waals surface area contributed by atoms with E-state index in [0.29, 0.717) is 13.0 Å². The molecule has 1 amide bonds. The second-order valence-corrected chi connectivity index (χ2v) is 4.37. The third-order valence-electron chi connectivity index (χ3n) is 2.65. The van der Waals surface area contributed by atoms with E-state index in [1.165, 1.54) is 0 Å². The molecular formula is C12H27N3O2. The van der Waals surface area contributed by atoms with Crippen molar-refractivity contribution >= 4 is 5.91 Å². The fourth-order valence-corrected chi connectivity index (χ4v) is 1.55. The van der Waals surface area contributed by atoms with Crippen LogP contribution in [0, 0.1) is 0 Å². The molecule has 0 atom stereocenters. The highest BCUT2D eigenvalue weighted by atomic mass is 16.5. The molecule has 2 N–H and O–H groups in total. The Labute approximate surface area is 105 Å². The van der Waals surface area contributed by atoms with E-state index in [4.69, 9.17) is 10.5 Å². The second-order valence-electron chi connectivity index (χ2n) is 4.37. The first kappa shape index (κ1) is 16.4. The molecule has 0 saturated carbocycles. The molecule has 0 heterocycles. The Hall–Kier alpha value is -0.650. The van der Waals surface area contributed by atoms with Crippen LogP contribution in [0.15, 0.2) is 0 Å². The number of amides is 1. The minimum atomic E-state index is 0.190. The number of rotatable bonds is 10. The summed E-state index contributed by atoms with van der Waals surface area (Å²) in [5.74, 6) is 0.190. The van der Waals surface area contributed by atoms with Crippen LogP contribution in [0.3, 0.4) is 0 Å². The fraction of sp³-hybridized carbons (Fsp3) is 0.917. The van der Waals surface area contributed by atoms with E-state index in [1.54, 1.807) is 26.1 Å². The SMILES string of the molecule is COCCN(CCCN)CCCC(=O)N(C)C. The van der Waals surface area contributed by atoms with E-state index in [9.17, 15) is 4.79 Å². The van der Waals surface area contributed by atoms with E-state index in [0.717, 1.165) is 39.1 Å². The van der Waals surface area contributed by atoms with Gasteiger partial charge in [0.2, 0.25) is 5.91 Å². The maximum atomic E-state index is 11.4. The van der Waals surface area contributed by atoms with Gasteiger partial charge in [-0.2, -0.15) is 0 Å². The van der Waals surface area contributed by atoms with Gasteiger partial charge in [0.15, 0.2) is 0 Å². The maximum absolute atomic E-state index is 11.4. The zero-order valence-electron chi connectivity index (χ0n) is 11.4.